The molecular formula is C8H11BrN6. The lowest BCUT2D eigenvalue weighted by atomic mass is 10.4. The number of aryl methyl sites for hydroxylation is 2. The number of rotatable bonds is 2. The van der Waals surface area contributed by atoms with E-state index in [2.05, 4.69) is 31.1 Å². The lowest BCUT2D eigenvalue weighted by molar-refractivity contribution is 0.635. The predicted molar refractivity (Wildman–Crippen MR) is 59.2 cm³/mol. The van der Waals surface area contributed by atoms with Gasteiger partial charge in [0.25, 0.3) is 0 Å². The molecule has 0 saturated heterocycles. The summed E-state index contributed by atoms with van der Waals surface area (Å²) in [5, 5.41) is 8.35. The highest BCUT2D eigenvalue weighted by molar-refractivity contribution is 9.10. The number of hydrogen-bond donors (Lipinski definition) is 1. The van der Waals surface area contributed by atoms with E-state index in [4.69, 9.17) is 5.73 Å². The Morgan fingerprint density at radius 3 is 2.67 bits per heavy atom. The zero-order valence-corrected chi connectivity index (χ0v) is 10.1. The molecule has 0 atom stereocenters. The minimum atomic E-state index is 0.259. The SMILES string of the molecule is Cc1cc(Cn2nc(N)nc2Br)nn1C. The van der Waals surface area contributed by atoms with E-state index in [0.717, 1.165) is 11.4 Å². The Kier molecular flexibility index (Phi) is 2.47. The van der Waals surface area contributed by atoms with E-state index in [0.29, 0.717) is 11.3 Å². The van der Waals surface area contributed by atoms with E-state index in [9.17, 15) is 0 Å². The maximum absolute atomic E-state index is 5.47. The van der Waals surface area contributed by atoms with Gasteiger partial charge in [-0.2, -0.15) is 10.1 Å². The van der Waals surface area contributed by atoms with Crippen molar-refractivity contribution in [2.24, 2.45) is 7.05 Å². The first-order chi connectivity index (χ1) is 7.06. The van der Waals surface area contributed by atoms with Crippen LogP contribution in [-0.4, -0.2) is 24.5 Å². The zero-order chi connectivity index (χ0) is 11.0. The normalized spacial score (nSPS) is 10.9. The molecule has 0 bridgehead atoms. The van der Waals surface area contributed by atoms with Crippen LogP contribution >= 0.6 is 15.9 Å². The van der Waals surface area contributed by atoms with E-state index in [1.54, 1.807) is 4.68 Å². The molecule has 0 aliphatic carbocycles. The van der Waals surface area contributed by atoms with Crippen LogP contribution in [0, 0.1) is 6.92 Å². The summed E-state index contributed by atoms with van der Waals surface area (Å²) in [6.45, 7) is 2.56. The summed E-state index contributed by atoms with van der Waals surface area (Å²) in [6, 6.07) is 2.00. The highest BCUT2D eigenvalue weighted by Gasteiger charge is 2.07. The number of nitrogen functional groups attached to an aromatic ring is 1. The number of nitrogens with two attached hydrogens (primary N) is 1. The lowest BCUT2D eigenvalue weighted by Gasteiger charge is -1.97. The van der Waals surface area contributed by atoms with Gasteiger partial charge in [-0.05, 0) is 28.9 Å². The fourth-order valence-electron chi connectivity index (χ4n) is 1.31. The smallest absolute Gasteiger partial charge is 0.240 e. The van der Waals surface area contributed by atoms with Crippen LogP contribution in [-0.2, 0) is 13.6 Å². The average molecular weight is 271 g/mol. The molecule has 2 N–H and O–H groups in total. The van der Waals surface area contributed by atoms with Gasteiger partial charge in [0.15, 0.2) is 4.73 Å². The second-order valence-electron chi connectivity index (χ2n) is 3.30. The Morgan fingerprint density at radius 2 is 2.20 bits per heavy atom. The van der Waals surface area contributed by atoms with E-state index >= 15 is 0 Å². The molecule has 0 fully saturated rings. The molecule has 0 aliphatic rings. The third kappa shape index (κ3) is 2.01. The molecule has 0 unspecified atom stereocenters. The van der Waals surface area contributed by atoms with Crippen LogP contribution in [0.3, 0.4) is 0 Å². The van der Waals surface area contributed by atoms with Crippen LogP contribution in [0.25, 0.3) is 0 Å². The van der Waals surface area contributed by atoms with Crippen LogP contribution in [0.2, 0.25) is 0 Å². The first-order valence-electron chi connectivity index (χ1n) is 4.41. The molecular weight excluding hydrogens is 260 g/mol. The van der Waals surface area contributed by atoms with Crippen LogP contribution in [0.5, 0.6) is 0 Å². The summed E-state index contributed by atoms with van der Waals surface area (Å²) >= 11 is 3.27. The van der Waals surface area contributed by atoms with Gasteiger partial charge in [-0.25, -0.2) is 4.68 Å². The molecule has 0 aromatic carbocycles. The first-order valence-corrected chi connectivity index (χ1v) is 5.21. The van der Waals surface area contributed by atoms with Crippen LogP contribution in [0.1, 0.15) is 11.4 Å². The molecule has 2 aromatic heterocycles. The summed E-state index contributed by atoms with van der Waals surface area (Å²) in [6.07, 6.45) is 0. The van der Waals surface area contributed by atoms with Crippen molar-refractivity contribution in [3.63, 3.8) is 0 Å². The van der Waals surface area contributed by atoms with Gasteiger partial charge < -0.3 is 5.73 Å². The van der Waals surface area contributed by atoms with Gasteiger partial charge >= 0.3 is 0 Å². The van der Waals surface area contributed by atoms with Gasteiger partial charge in [0, 0.05) is 12.7 Å². The number of aromatic nitrogens is 5. The van der Waals surface area contributed by atoms with E-state index in [-0.39, 0.29) is 5.95 Å². The van der Waals surface area contributed by atoms with Crippen molar-refractivity contribution in [3.8, 4) is 0 Å². The summed E-state index contributed by atoms with van der Waals surface area (Å²) in [5.41, 5.74) is 7.51. The predicted octanol–water partition coefficient (Wildman–Crippen LogP) is 0.713. The van der Waals surface area contributed by atoms with Crippen LogP contribution < -0.4 is 5.73 Å². The van der Waals surface area contributed by atoms with Crippen molar-refractivity contribution in [2.45, 2.75) is 13.5 Å². The van der Waals surface area contributed by atoms with Crippen molar-refractivity contribution < 1.29 is 0 Å². The molecule has 2 heterocycles. The Bertz CT molecular complexity index is 466. The van der Waals surface area contributed by atoms with Gasteiger partial charge in [0.05, 0.1) is 12.2 Å². The Morgan fingerprint density at radius 1 is 1.47 bits per heavy atom. The highest BCUT2D eigenvalue weighted by Crippen LogP contribution is 2.11. The summed E-state index contributed by atoms with van der Waals surface area (Å²) in [4.78, 5) is 3.95. The van der Waals surface area contributed by atoms with Crippen LogP contribution in [0.4, 0.5) is 5.95 Å². The van der Waals surface area contributed by atoms with E-state index in [1.807, 2.05) is 24.7 Å². The summed E-state index contributed by atoms with van der Waals surface area (Å²) in [7, 11) is 1.91. The Hall–Kier alpha value is -1.37. The van der Waals surface area contributed by atoms with Crippen molar-refractivity contribution in [2.75, 3.05) is 5.73 Å². The minimum Gasteiger partial charge on any atom is -0.366 e. The van der Waals surface area contributed by atoms with Gasteiger partial charge in [0.1, 0.15) is 0 Å². The molecule has 0 spiro atoms. The van der Waals surface area contributed by atoms with Gasteiger partial charge in [-0.15, -0.1) is 5.10 Å². The van der Waals surface area contributed by atoms with Gasteiger partial charge in [-0.1, -0.05) is 0 Å². The monoisotopic (exact) mass is 270 g/mol. The highest BCUT2D eigenvalue weighted by atomic mass is 79.9. The first kappa shape index (κ1) is 10.2. The lowest BCUT2D eigenvalue weighted by Crippen LogP contribution is -2.04. The number of anilines is 1. The van der Waals surface area contributed by atoms with Crippen molar-refractivity contribution in [1.82, 2.24) is 24.5 Å². The molecule has 7 heteroatoms. The molecule has 2 rings (SSSR count). The largest absolute Gasteiger partial charge is 0.366 e. The minimum absolute atomic E-state index is 0.259. The topological polar surface area (TPSA) is 74.6 Å². The third-order valence-corrected chi connectivity index (χ3v) is 2.71. The third-order valence-electron chi connectivity index (χ3n) is 2.12. The number of hydrogen-bond acceptors (Lipinski definition) is 4. The molecule has 0 amide bonds. The summed E-state index contributed by atoms with van der Waals surface area (Å²) < 4.78 is 4.10. The van der Waals surface area contributed by atoms with Crippen molar-refractivity contribution >= 4 is 21.9 Å². The fourth-order valence-corrected chi connectivity index (χ4v) is 1.69. The van der Waals surface area contributed by atoms with Crippen molar-refractivity contribution in [3.05, 3.63) is 22.2 Å². The molecule has 2 aromatic rings. The molecule has 0 aliphatic heterocycles. The second kappa shape index (κ2) is 3.65. The Labute approximate surface area is 95.2 Å². The second-order valence-corrected chi connectivity index (χ2v) is 4.01. The number of halogens is 1. The van der Waals surface area contributed by atoms with E-state index in [1.165, 1.54) is 0 Å². The Balaban J connectivity index is 2.25. The molecule has 80 valence electrons. The standard InChI is InChI=1S/C8H11BrN6/c1-5-3-6(12-14(5)2)4-15-7(9)11-8(10)13-15/h3H,4H2,1-2H3,(H2,10,13). The molecule has 15 heavy (non-hydrogen) atoms. The van der Waals surface area contributed by atoms with Gasteiger partial charge in [0.2, 0.25) is 5.95 Å². The zero-order valence-electron chi connectivity index (χ0n) is 8.48. The maximum Gasteiger partial charge on any atom is 0.240 e. The summed E-state index contributed by atoms with van der Waals surface area (Å²) in [5.74, 6) is 0.259. The van der Waals surface area contributed by atoms with Crippen LogP contribution in [0.15, 0.2) is 10.8 Å². The fraction of sp³-hybridized carbons (Fsp3) is 0.375. The average Bonchev–Trinajstić information content (AvgIpc) is 2.59. The molecule has 0 radical (unpaired) electrons. The van der Waals surface area contributed by atoms with Gasteiger partial charge in [-0.3, -0.25) is 4.68 Å². The molecule has 6 nitrogen and oxygen atoms in total. The quantitative estimate of drug-likeness (QED) is 0.873. The van der Waals surface area contributed by atoms with Crippen molar-refractivity contribution in [1.29, 1.82) is 0 Å². The van der Waals surface area contributed by atoms with E-state index < -0.39 is 0 Å². The maximum atomic E-state index is 5.47. The number of nitrogens with zero attached hydrogens (tertiary/aromatic N) is 5. The molecule has 0 saturated carbocycles.